The number of benzene rings is 1. The number of nitrogens with zero attached hydrogens (tertiary/aromatic N) is 1. The highest BCUT2D eigenvalue weighted by Gasteiger charge is 2.15. The maximum atomic E-state index is 3.60. The molecule has 3 rings (SSSR count). The van der Waals surface area contributed by atoms with Crippen LogP contribution in [0.15, 0.2) is 30.5 Å². The number of aromatic amines is 1. The first-order valence-electron chi connectivity index (χ1n) is 8.81. The Morgan fingerprint density at radius 1 is 1.27 bits per heavy atom. The molecule has 1 aliphatic rings. The van der Waals surface area contributed by atoms with Crippen LogP contribution in [0.5, 0.6) is 0 Å². The number of aromatic nitrogens is 1. The molecule has 1 atom stereocenters. The average molecular weight is 299 g/mol. The Balaban J connectivity index is 1.33. The van der Waals surface area contributed by atoms with Crippen LogP contribution in [0.4, 0.5) is 0 Å². The van der Waals surface area contributed by atoms with Gasteiger partial charge in [-0.25, -0.2) is 0 Å². The van der Waals surface area contributed by atoms with E-state index in [1.165, 1.54) is 61.8 Å². The van der Waals surface area contributed by atoms with E-state index in [4.69, 9.17) is 0 Å². The molecule has 1 aromatic heterocycles. The number of nitrogens with one attached hydrogen (secondary N) is 2. The smallest absolute Gasteiger partial charge is 0.0457 e. The lowest BCUT2D eigenvalue weighted by molar-refractivity contribution is 0.181. The van der Waals surface area contributed by atoms with Crippen LogP contribution in [0.25, 0.3) is 10.9 Å². The fraction of sp³-hybridized carbons (Fsp3) is 0.579. The molecule has 1 aromatic carbocycles. The summed E-state index contributed by atoms with van der Waals surface area (Å²) < 4.78 is 0. The molecule has 0 bridgehead atoms. The number of unbranched alkanes of at least 4 members (excludes halogenated alkanes) is 1. The van der Waals surface area contributed by atoms with Gasteiger partial charge in [0, 0.05) is 30.2 Å². The molecule has 1 saturated heterocycles. The largest absolute Gasteiger partial charge is 0.361 e. The molecule has 22 heavy (non-hydrogen) atoms. The van der Waals surface area contributed by atoms with Gasteiger partial charge in [0.1, 0.15) is 0 Å². The zero-order valence-corrected chi connectivity index (χ0v) is 13.8. The molecule has 3 heteroatoms. The highest BCUT2D eigenvalue weighted by atomic mass is 15.1. The normalized spacial score (nSPS) is 19.8. The van der Waals surface area contributed by atoms with Gasteiger partial charge in [-0.05, 0) is 68.9 Å². The fourth-order valence-corrected chi connectivity index (χ4v) is 3.60. The van der Waals surface area contributed by atoms with Crippen molar-refractivity contribution in [3.8, 4) is 0 Å². The first-order chi connectivity index (χ1) is 10.8. The molecule has 2 aromatic rings. The van der Waals surface area contributed by atoms with Crippen LogP contribution in [0.3, 0.4) is 0 Å². The quantitative estimate of drug-likeness (QED) is 0.763. The van der Waals surface area contributed by atoms with Crippen LogP contribution in [0.2, 0.25) is 0 Å². The highest BCUT2D eigenvalue weighted by molar-refractivity contribution is 5.82. The van der Waals surface area contributed by atoms with Crippen LogP contribution >= 0.6 is 0 Å². The minimum Gasteiger partial charge on any atom is -0.361 e. The van der Waals surface area contributed by atoms with Gasteiger partial charge in [0.25, 0.3) is 0 Å². The zero-order valence-electron chi connectivity index (χ0n) is 13.8. The van der Waals surface area contributed by atoms with E-state index >= 15 is 0 Å². The summed E-state index contributed by atoms with van der Waals surface area (Å²) in [4.78, 5) is 5.92. The first-order valence-corrected chi connectivity index (χ1v) is 8.81. The molecule has 2 N–H and O–H groups in total. The minimum absolute atomic E-state index is 0.897. The summed E-state index contributed by atoms with van der Waals surface area (Å²) in [7, 11) is 0. The number of piperidine rings is 1. The first kappa shape index (κ1) is 15.6. The molecule has 0 radical (unpaired) electrons. The number of hydrogen-bond donors (Lipinski definition) is 2. The van der Waals surface area contributed by atoms with Crippen molar-refractivity contribution in [2.75, 3.05) is 26.2 Å². The maximum Gasteiger partial charge on any atom is 0.0457 e. The monoisotopic (exact) mass is 299 g/mol. The molecule has 0 spiro atoms. The van der Waals surface area contributed by atoms with Crippen LogP contribution in [-0.2, 0) is 6.54 Å². The molecule has 2 heterocycles. The topological polar surface area (TPSA) is 31.1 Å². The number of rotatable bonds is 7. The van der Waals surface area contributed by atoms with E-state index in [0.717, 1.165) is 19.0 Å². The Morgan fingerprint density at radius 3 is 3.14 bits per heavy atom. The molecule has 3 nitrogen and oxygen atoms in total. The lowest BCUT2D eigenvalue weighted by Gasteiger charge is -2.30. The maximum absolute atomic E-state index is 3.60. The van der Waals surface area contributed by atoms with Gasteiger partial charge in [-0.15, -0.1) is 0 Å². The SMILES string of the molecule is CC1CCCN(CCCCNCc2cccc3[nH]ccc23)C1. The minimum atomic E-state index is 0.897. The molecule has 1 aliphatic heterocycles. The van der Waals surface area contributed by atoms with Gasteiger partial charge in [-0.1, -0.05) is 19.1 Å². The summed E-state index contributed by atoms with van der Waals surface area (Å²) >= 11 is 0. The molecule has 0 amide bonds. The molecule has 1 unspecified atom stereocenters. The van der Waals surface area contributed by atoms with Crippen molar-refractivity contribution in [1.82, 2.24) is 15.2 Å². The van der Waals surface area contributed by atoms with Crippen molar-refractivity contribution < 1.29 is 0 Å². The molecule has 0 saturated carbocycles. The molecule has 120 valence electrons. The van der Waals surface area contributed by atoms with E-state index in [9.17, 15) is 0 Å². The van der Waals surface area contributed by atoms with Gasteiger partial charge in [0.05, 0.1) is 0 Å². The van der Waals surface area contributed by atoms with Crippen molar-refractivity contribution in [2.45, 2.75) is 39.2 Å². The van der Waals surface area contributed by atoms with Crippen molar-refractivity contribution in [2.24, 2.45) is 5.92 Å². The Morgan fingerprint density at radius 2 is 2.23 bits per heavy atom. The van der Waals surface area contributed by atoms with Gasteiger partial charge >= 0.3 is 0 Å². The second-order valence-electron chi connectivity index (χ2n) is 6.79. The number of hydrogen-bond acceptors (Lipinski definition) is 2. The van der Waals surface area contributed by atoms with E-state index in [1.807, 2.05) is 6.20 Å². The van der Waals surface area contributed by atoms with E-state index < -0.39 is 0 Å². The third kappa shape index (κ3) is 4.11. The Bertz CT molecular complexity index is 575. The van der Waals surface area contributed by atoms with Crippen LogP contribution in [-0.4, -0.2) is 36.1 Å². The van der Waals surface area contributed by atoms with Crippen molar-refractivity contribution in [1.29, 1.82) is 0 Å². The lowest BCUT2D eigenvalue weighted by Crippen LogP contribution is -2.35. The predicted octanol–water partition coefficient (Wildman–Crippen LogP) is 3.77. The average Bonchev–Trinajstić information content (AvgIpc) is 3.00. The Hall–Kier alpha value is -1.32. The second-order valence-corrected chi connectivity index (χ2v) is 6.79. The third-order valence-corrected chi connectivity index (χ3v) is 4.82. The van der Waals surface area contributed by atoms with Gasteiger partial charge in [0.2, 0.25) is 0 Å². The van der Waals surface area contributed by atoms with E-state index in [0.29, 0.717) is 0 Å². The van der Waals surface area contributed by atoms with Crippen molar-refractivity contribution in [3.05, 3.63) is 36.0 Å². The Kier molecular flexibility index (Phi) is 5.52. The standard InChI is InChI=1S/C19H29N3/c1-16-6-5-13-22(15-16)12-3-2-10-20-14-17-7-4-8-19-18(17)9-11-21-19/h4,7-9,11,16,20-21H,2-3,5-6,10,12-15H2,1H3. The van der Waals surface area contributed by atoms with Gasteiger partial charge in [-0.3, -0.25) is 0 Å². The summed E-state index contributed by atoms with van der Waals surface area (Å²) in [6.07, 6.45) is 7.42. The van der Waals surface area contributed by atoms with Crippen LogP contribution in [0, 0.1) is 5.92 Å². The number of H-pyrrole nitrogens is 1. The van der Waals surface area contributed by atoms with Crippen molar-refractivity contribution in [3.63, 3.8) is 0 Å². The fourth-order valence-electron chi connectivity index (χ4n) is 3.60. The molecular weight excluding hydrogens is 270 g/mol. The third-order valence-electron chi connectivity index (χ3n) is 4.82. The zero-order chi connectivity index (χ0) is 15.2. The van der Waals surface area contributed by atoms with Crippen LogP contribution < -0.4 is 5.32 Å². The summed E-state index contributed by atoms with van der Waals surface area (Å²) in [5.74, 6) is 0.897. The van der Waals surface area contributed by atoms with Gasteiger partial charge in [-0.2, -0.15) is 0 Å². The predicted molar refractivity (Wildman–Crippen MR) is 94.1 cm³/mol. The molecule has 0 aliphatic carbocycles. The Labute approximate surface area is 134 Å². The lowest BCUT2D eigenvalue weighted by atomic mass is 10.0. The summed E-state index contributed by atoms with van der Waals surface area (Å²) in [5, 5.41) is 4.94. The van der Waals surface area contributed by atoms with Crippen LogP contribution in [0.1, 0.15) is 38.2 Å². The number of likely N-dealkylation sites (tertiary alicyclic amines) is 1. The number of fused-ring (bicyclic) bond motifs is 1. The summed E-state index contributed by atoms with van der Waals surface area (Å²) in [6.45, 7) is 8.37. The van der Waals surface area contributed by atoms with E-state index in [-0.39, 0.29) is 0 Å². The van der Waals surface area contributed by atoms with Gasteiger partial charge < -0.3 is 15.2 Å². The summed E-state index contributed by atoms with van der Waals surface area (Å²) in [6, 6.07) is 8.66. The summed E-state index contributed by atoms with van der Waals surface area (Å²) in [5.41, 5.74) is 2.63. The molecular formula is C19H29N3. The van der Waals surface area contributed by atoms with Gasteiger partial charge in [0.15, 0.2) is 0 Å². The highest BCUT2D eigenvalue weighted by Crippen LogP contribution is 2.17. The van der Waals surface area contributed by atoms with E-state index in [2.05, 4.69) is 46.4 Å². The molecule has 1 fully saturated rings. The second kappa shape index (κ2) is 7.80. The van der Waals surface area contributed by atoms with Crippen molar-refractivity contribution >= 4 is 10.9 Å². The van der Waals surface area contributed by atoms with E-state index in [1.54, 1.807) is 0 Å².